The molecule has 0 aliphatic heterocycles. The highest BCUT2D eigenvalue weighted by atomic mass is 31.2. The first-order valence-corrected chi connectivity index (χ1v) is 11.0. The number of hydrogen-bond donors (Lipinski definition) is 3. The van der Waals surface area contributed by atoms with Crippen molar-refractivity contribution in [2.45, 2.75) is 6.73 Å². The number of anilines is 1. The van der Waals surface area contributed by atoms with Crippen LogP contribution in [-0.2, 0) is 20.6 Å². The first kappa shape index (κ1) is 22.4. The lowest BCUT2D eigenvalue weighted by Gasteiger charge is -2.08. The van der Waals surface area contributed by atoms with Gasteiger partial charge in [-0.3, -0.25) is 14.3 Å². The van der Waals surface area contributed by atoms with Gasteiger partial charge in [-0.15, -0.1) is 0 Å². The van der Waals surface area contributed by atoms with Gasteiger partial charge in [0.1, 0.15) is 12.4 Å². The fourth-order valence-corrected chi connectivity index (χ4v) is 3.50. The van der Waals surface area contributed by atoms with Gasteiger partial charge in [0.05, 0.1) is 11.9 Å². The standard InChI is InChI=1S/C21H17FN5O5P/c1-2-20(28)26-16-5-14(8-23-10-16)15-6-17-18(13-3-4-24-19(22)7-13)11-27(21(17)25-9-15)12-32-33(29,30)31/h2-11H,1,12H2,(H,26,28)(H2,29,30,31). The van der Waals surface area contributed by atoms with Crippen molar-refractivity contribution in [2.24, 2.45) is 0 Å². The van der Waals surface area contributed by atoms with Crippen LogP contribution in [0.25, 0.3) is 33.3 Å². The molecule has 0 saturated heterocycles. The molecule has 4 aromatic rings. The van der Waals surface area contributed by atoms with Gasteiger partial charge in [-0.25, -0.2) is 14.5 Å². The Hall–Kier alpha value is -3.76. The van der Waals surface area contributed by atoms with Gasteiger partial charge in [0, 0.05) is 52.9 Å². The largest absolute Gasteiger partial charge is 0.471 e. The Kier molecular flexibility index (Phi) is 6.12. The summed E-state index contributed by atoms with van der Waals surface area (Å²) in [5, 5.41) is 3.21. The van der Waals surface area contributed by atoms with Gasteiger partial charge in [0.15, 0.2) is 0 Å². The molecule has 0 unspecified atom stereocenters. The lowest BCUT2D eigenvalue weighted by Crippen LogP contribution is -2.07. The Balaban J connectivity index is 1.82. The van der Waals surface area contributed by atoms with Crippen LogP contribution < -0.4 is 5.32 Å². The number of nitrogens with one attached hydrogen (secondary N) is 1. The maximum Gasteiger partial charge on any atom is 0.471 e. The molecule has 0 aromatic carbocycles. The van der Waals surface area contributed by atoms with E-state index >= 15 is 0 Å². The summed E-state index contributed by atoms with van der Waals surface area (Å²) in [5.41, 5.74) is 3.17. The number of pyridine rings is 3. The molecule has 0 saturated carbocycles. The normalized spacial score (nSPS) is 11.5. The van der Waals surface area contributed by atoms with Gasteiger partial charge in [-0.2, -0.15) is 4.39 Å². The number of nitrogens with zero attached hydrogens (tertiary/aromatic N) is 4. The second-order valence-corrected chi connectivity index (χ2v) is 8.12. The van der Waals surface area contributed by atoms with Crippen LogP contribution >= 0.6 is 7.82 Å². The zero-order valence-electron chi connectivity index (χ0n) is 16.9. The summed E-state index contributed by atoms with van der Waals surface area (Å²) < 4.78 is 31.0. The molecule has 0 atom stereocenters. The number of phosphoric ester groups is 1. The monoisotopic (exact) mass is 469 g/mol. The minimum Gasteiger partial charge on any atom is -0.321 e. The van der Waals surface area contributed by atoms with Crippen molar-refractivity contribution in [3.63, 3.8) is 0 Å². The van der Waals surface area contributed by atoms with Crippen molar-refractivity contribution in [3.05, 3.63) is 73.9 Å². The van der Waals surface area contributed by atoms with Crippen molar-refractivity contribution in [1.29, 1.82) is 0 Å². The number of carbonyl (C=O) groups excluding carboxylic acids is 1. The van der Waals surface area contributed by atoms with Gasteiger partial charge in [0.25, 0.3) is 0 Å². The van der Waals surface area contributed by atoms with E-state index in [1.54, 1.807) is 36.8 Å². The summed E-state index contributed by atoms with van der Waals surface area (Å²) in [4.78, 5) is 41.8. The minimum absolute atomic E-state index is 0.364. The maximum absolute atomic E-state index is 13.8. The van der Waals surface area contributed by atoms with E-state index in [-0.39, 0.29) is 5.91 Å². The lowest BCUT2D eigenvalue weighted by molar-refractivity contribution is -0.111. The van der Waals surface area contributed by atoms with Crippen molar-refractivity contribution >= 4 is 30.5 Å². The smallest absolute Gasteiger partial charge is 0.321 e. The molecule has 0 aliphatic carbocycles. The molecule has 10 nitrogen and oxygen atoms in total. The molecule has 0 bridgehead atoms. The third-order valence-electron chi connectivity index (χ3n) is 4.64. The fraction of sp³-hybridized carbons (Fsp3) is 0.0476. The number of rotatable bonds is 7. The molecule has 4 rings (SSSR count). The number of carbonyl (C=O) groups is 1. The first-order chi connectivity index (χ1) is 15.7. The van der Waals surface area contributed by atoms with E-state index in [9.17, 15) is 13.8 Å². The maximum atomic E-state index is 13.8. The number of hydrogen-bond acceptors (Lipinski definition) is 6. The SMILES string of the molecule is C=CC(=O)Nc1cncc(-c2cnc3c(c2)c(-c2ccnc(F)c2)cn3COP(=O)(O)O)c1. The topological polar surface area (TPSA) is 139 Å². The molecule has 0 spiro atoms. The summed E-state index contributed by atoms with van der Waals surface area (Å²) in [5.74, 6) is -1.06. The van der Waals surface area contributed by atoms with E-state index in [1.807, 2.05) is 0 Å². The summed E-state index contributed by atoms with van der Waals surface area (Å²) in [6.07, 6.45) is 8.63. The van der Waals surface area contributed by atoms with Crippen LogP contribution in [0.3, 0.4) is 0 Å². The molecule has 1 amide bonds. The molecule has 0 aliphatic rings. The molecule has 33 heavy (non-hydrogen) atoms. The van der Waals surface area contributed by atoms with Gasteiger partial charge < -0.3 is 19.7 Å². The molecular formula is C21H17FN5O5P. The number of phosphoric acid groups is 1. The Bertz CT molecular complexity index is 1420. The minimum atomic E-state index is -4.73. The highest BCUT2D eigenvalue weighted by Gasteiger charge is 2.18. The van der Waals surface area contributed by atoms with Crippen LogP contribution in [0.15, 0.2) is 67.9 Å². The van der Waals surface area contributed by atoms with Crippen LogP contribution in [0.2, 0.25) is 0 Å². The number of aromatic nitrogens is 4. The highest BCUT2D eigenvalue weighted by molar-refractivity contribution is 7.46. The van der Waals surface area contributed by atoms with Crippen LogP contribution in [0.1, 0.15) is 0 Å². The Morgan fingerprint density at radius 2 is 1.97 bits per heavy atom. The zero-order chi connectivity index (χ0) is 23.6. The van der Waals surface area contributed by atoms with Crippen molar-refractivity contribution in [3.8, 4) is 22.3 Å². The molecule has 4 aromatic heterocycles. The number of halogens is 1. The summed E-state index contributed by atoms with van der Waals surface area (Å²) in [7, 11) is -4.73. The second-order valence-electron chi connectivity index (χ2n) is 6.88. The van der Waals surface area contributed by atoms with Crippen LogP contribution in [0, 0.1) is 5.95 Å². The predicted octanol–water partition coefficient (Wildman–Crippen LogP) is 3.49. The van der Waals surface area contributed by atoms with Crippen molar-refractivity contribution in [2.75, 3.05) is 5.32 Å². The molecular weight excluding hydrogens is 452 g/mol. The molecule has 0 fully saturated rings. The van der Waals surface area contributed by atoms with E-state index in [1.165, 1.54) is 23.0 Å². The number of fused-ring (bicyclic) bond motifs is 1. The summed E-state index contributed by atoms with van der Waals surface area (Å²) in [6.45, 7) is 2.95. The first-order valence-electron chi connectivity index (χ1n) is 9.43. The third-order valence-corrected chi connectivity index (χ3v) is 5.09. The molecule has 3 N–H and O–H groups in total. The Morgan fingerprint density at radius 3 is 2.70 bits per heavy atom. The van der Waals surface area contributed by atoms with Crippen LogP contribution in [-0.4, -0.2) is 35.2 Å². The predicted molar refractivity (Wildman–Crippen MR) is 118 cm³/mol. The number of amides is 1. The second kappa shape index (κ2) is 9.00. The van der Waals surface area contributed by atoms with Crippen LogP contribution in [0.5, 0.6) is 0 Å². The van der Waals surface area contributed by atoms with Gasteiger partial charge in [-0.1, -0.05) is 6.58 Å². The van der Waals surface area contributed by atoms with E-state index in [2.05, 4.69) is 31.4 Å². The third kappa shape index (κ3) is 5.18. The van der Waals surface area contributed by atoms with E-state index in [0.29, 0.717) is 39.0 Å². The van der Waals surface area contributed by atoms with Crippen molar-refractivity contribution < 1.29 is 28.1 Å². The van der Waals surface area contributed by atoms with Gasteiger partial charge in [0.2, 0.25) is 11.9 Å². The summed E-state index contributed by atoms with van der Waals surface area (Å²) >= 11 is 0. The molecule has 168 valence electrons. The molecule has 0 radical (unpaired) electrons. The highest BCUT2D eigenvalue weighted by Crippen LogP contribution is 2.38. The van der Waals surface area contributed by atoms with Crippen LogP contribution in [0.4, 0.5) is 10.1 Å². The average molecular weight is 469 g/mol. The van der Waals surface area contributed by atoms with E-state index < -0.39 is 20.5 Å². The molecule has 12 heteroatoms. The Labute approximate surface area is 186 Å². The average Bonchev–Trinajstić information content (AvgIpc) is 3.15. The van der Waals surface area contributed by atoms with Gasteiger partial charge >= 0.3 is 7.82 Å². The molecule has 4 heterocycles. The summed E-state index contributed by atoms with van der Waals surface area (Å²) in [6, 6.07) is 6.32. The van der Waals surface area contributed by atoms with E-state index in [4.69, 9.17) is 9.79 Å². The fourth-order valence-electron chi connectivity index (χ4n) is 3.22. The van der Waals surface area contributed by atoms with E-state index in [0.717, 1.165) is 6.08 Å². The quantitative estimate of drug-likeness (QED) is 0.212. The lowest BCUT2D eigenvalue weighted by atomic mass is 10.0. The Morgan fingerprint density at radius 1 is 1.18 bits per heavy atom. The zero-order valence-corrected chi connectivity index (χ0v) is 17.8. The van der Waals surface area contributed by atoms with Gasteiger partial charge in [-0.05, 0) is 29.8 Å². The van der Waals surface area contributed by atoms with Crippen molar-refractivity contribution in [1.82, 2.24) is 19.5 Å².